The van der Waals surface area contributed by atoms with Gasteiger partial charge in [-0.15, -0.1) is 4.91 Å². The van der Waals surface area contributed by atoms with Crippen molar-refractivity contribution in [2.24, 2.45) is 4.95 Å². The van der Waals surface area contributed by atoms with Gasteiger partial charge in [-0.3, -0.25) is 13.7 Å². The summed E-state index contributed by atoms with van der Waals surface area (Å²) >= 11 is 7.99. The lowest BCUT2D eigenvalue weighted by atomic mass is 9.98. The van der Waals surface area contributed by atoms with E-state index in [1.165, 1.54) is 19.0 Å². The minimum Gasteiger partial charge on any atom is -0.400 e. The van der Waals surface area contributed by atoms with E-state index in [9.17, 15) is 18.8 Å². The summed E-state index contributed by atoms with van der Waals surface area (Å²) in [5.41, 5.74) is 12.8. The number of anilines is 2. The van der Waals surface area contributed by atoms with Crippen LogP contribution >= 0.6 is 25.7 Å². The van der Waals surface area contributed by atoms with Crippen LogP contribution in [0.4, 0.5) is 16.0 Å². The number of imidazole rings is 2. The number of nitrogens with two attached hydrogens (primary N) is 2. The number of alkyl halides is 1. The fourth-order valence-corrected chi connectivity index (χ4v) is 6.17. The van der Waals surface area contributed by atoms with Gasteiger partial charge < -0.3 is 40.4 Å². The average Bonchev–Trinajstić information content (AvgIpc) is 3.86. The summed E-state index contributed by atoms with van der Waals surface area (Å²) in [5, 5.41) is 7.00. The zero-order valence-corrected chi connectivity index (χ0v) is 29.0. The van der Waals surface area contributed by atoms with E-state index in [1.807, 2.05) is 6.92 Å². The Morgan fingerprint density at radius 2 is 1.62 bits per heavy atom. The minimum absolute atomic E-state index is 0.00324. The van der Waals surface area contributed by atoms with Gasteiger partial charge in [-0.1, -0.05) is 19.2 Å². The molecule has 2 aliphatic rings. The molecule has 0 aromatic carbocycles. The van der Waals surface area contributed by atoms with Gasteiger partial charge in [0.2, 0.25) is 0 Å². The summed E-state index contributed by atoms with van der Waals surface area (Å²) < 4.78 is 49.7. The molecule has 2 saturated heterocycles. The largest absolute Gasteiger partial charge is 0.400 e. The van der Waals surface area contributed by atoms with E-state index in [0.29, 0.717) is 47.4 Å². The van der Waals surface area contributed by atoms with E-state index in [2.05, 4.69) is 63.4 Å². The lowest BCUT2D eigenvalue weighted by Gasteiger charge is -2.28. The predicted molar refractivity (Wildman–Crippen MR) is 176 cm³/mol. The molecule has 7 N–H and O–H groups in total. The van der Waals surface area contributed by atoms with Crippen LogP contribution < -0.4 is 11.5 Å². The highest BCUT2D eigenvalue weighted by molar-refractivity contribution is 8.44. The van der Waals surface area contributed by atoms with E-state index in [-0.39, 0.29) is 31.7 Å². The van der Waals surface area contributed by atoms with Gasteiger partial charge in [0.25, 0.3) is 0 Å². The molecule has 0 spiro atoms. The maximum Gasteiger partial charge on any atom is 0.383 e. The van der Waals surface area contributed by atoms with E-state index in [4.69, 9.17) is 35.5 Å². The molecule has 264 valence electrons. The smallest absolute Gasteiger partial charge is 0.383 e. The van der Waals surface area contributed by atoms with Gasteiger partial charge in [-0.05, 0) is 31.1 Å². The fraction of sp³-hybridized carbons (Fsp3) is 0.565. The van der Waals surface area contributed by atoms with Crippen LogP contribution in [0, 0.1) is 4.91 Å². The van der Waals surface area contributed by atoms with Crippen molar-refractivity contribution >= 4 is 71.5 Å². The van der Waals surface area contributed by atoms with E-state index < -0.39 is 37.5 Å². The number of aliphatic hydroxyl groups excluding tert-OH is 1. The van der Waals surface area contributed by atoms with Crippen molar-refractivity contribution < 1.29 is 42.4 Å². The number of nitroso groups, excluding NO2 is 1. The number of hydrogen-bond acceptors (Lipinski definition) is 16. The Morgan fingerprint density at radius 3 is 2.15 bits per heavy atom. The quantitative estimate of drug-likeness (QED) is 0.0770. The van der Waals surface area contributed by atoms with Crippen molar-refractivity contribution in [3.63, 3.8) is 0 Å². The Balaban J connectivity index is 0.000000207. The van der Waals surface area contributed by atoms with Gasteiger partial charge in [0.15, 0.2) is 22.9 Å². The van der Waals surface area contributed by atoms with E-state index >= 15 is 0 Å². The SMILES string of the molecule is CC[C@@]1(COP(O)(=S)N=O)CCC(n2cnc3c(N)ncnc32)O1.CO.Nc1ncnc2c1ncn2C1CC(F)C(COP(=O)(O)S)O1. The number of nitrogens with zero attached hydrogens (tertiary/aromatic N) is 9. The van der Waals surface area contributed by atoms with Crippen molar-refractivity contribution in [2.75, 3.05) is 31.8 Å². The van der Waals surface area contributed by atoms with Crippen molar-refractivity contribution in [1.82, 2.24) is 39.0 Å². The first kappa shape index (κ1) is 38.0. The van der Waals surface area contributed by atoms with E-state index in [0.717, 1.165) is 7.11 Å². The third kappa shape index (κ3) is 8.85. The number of halogens is 1. The second kappa shape index (κ2) is 15.8. The number of aromatic nitrogens is 8. The molecule has 0 bridgehead atoms. The number of hydrogen-bond donors (Lipinski definition) is 6. The fourth-order valence-electron chi connectivity index (χ4n) is 5.02. The molecule has 0 amide bonds. The molecule has 6 unspecified atom stereocenters. The zero-order valence-electron chi connectivity index (χ0n) is 25.5. The first-order valence-corrected chi connectivity index (χ1v) is 19.4. The summed E-state index contributed by atoms with van der Waals surface area (Å²) in [5.74, 6) is 0.523. The maximum atomic E-state index is 14.0. The van der Waals surface area contributed by atoms with Gasteiger partial charge in [-0.25, -0.2) is 38.9 Å². The number of nitrogen functional groups attached to an aromatic ring is 2. The van der Waals surface area contributed by atoms with Crippen LogP contribution in [-0.4, -0.2) is 92.1 Å². The van der Waals surface area contributed by atoms with Gasteiger partial charge >= 0.3 is 13.4 Å². The van der Waals surface area contributed by atoms with Crippen molar-refractivity contribution in [2.45, 2.75) is 62.9 Å². The number of ether oxygens (including phenoxy) is 2. The van der Waals surface area contributed by atoms with Crippen LogP contribution in [0.15, 0.2) is 30.3 Å². The molecule has 6 rings (SSSR count). The molecule has 2 fully saturated rings. The molecule has 25 heteroatoms. The number of aliphatic hydroxyl groups is 1. The molecular weight excluding hydrogens is 719 g/mol. The Morgan fingerprint density at radius 1 is 1.06 bits per heavy atom. The first-order chi connectivity index (χ1) is 22.7. The summed E-state index contributed by atoms with van der Waals surface area (Å²) in [6, 6.07) is 0. The molecule has 6 heterocycles. The van der Waals surface area contributed by atoms with Crippen LogP contribution in [0.2, 0.25) is 0 Å². The maximum absolute atomic E-state index is 14.0. The Hall–Kier alpha value is -2.82. The first-order valence-electron chi connectivity index (χ1n) is 14.0. The Bertz CT molecular complexity index is 1820. The summed E-state index contributed by atoms with van der Waals surface area (Å²) in [6.45, 7) is -6.05. The second-order valence-corrected chi connectivity index (χ2v) is 15.9. The van der Waals surface area contributed by atoms with Crippen LogP contribution in [0.1, 0.15) is 45.1 Å². The topological polar surface area (TPSA) is 283 Å². The Kier molecular flexibility index (Phi) is 12.5. The molecule has 4 aromatic heterocycles. The summed E-state index contributed by atoms with van der Waals surface area (Å²) in [7, 11) is 1.00. The third-order valence-electron chi connectivity index (χ3n) is 7.44. The third-order valence-corrected chi connectivity index (χ3v) is 9.46. The van der Waals surface area contributed by atoms with Gasteiger partial charge in [-0.2, -0.15) is 0 Å². The van der Waals surface area contributed by atoms with Crippen LogP contribution in [0.5, 0.6) is 0 Å². The minimum atomic E-state index is -3.98. The van der Waals surface area contributed by atoms with Gasteiger partial charge in [0.1, 0.15) is 48.4 Å². The molecular formula is C23H34FN11O9P2S2. The molecule has 7 atom stereocenters. The van der Waals surface area contributed by atoms with Gasteiger partial charge in [0.05, 0.1) is 31.5 Å². The normalized spacial score (nSPS) is 26.2. The highest BCUT2D eigenvalue weighted by Gasteiger charge is 2.42. The Labute approximate surface area is 282 Å². The molecule has 2 aliphatic heterocycles. The second-order valence-electron chi connectivity index (χ2n) is 10.3. The van der Waals surface area contributed by atoms with Crippen molar-refractivity contribution in [1.29, 1.82) is 0 Å². The zero-order chi connectivity index (χ0) is 35.3. The van der Waals surface area contributed by atoms with Crippen LogP contribution in [-0.2, 0) is 34.9 Å². The van der Waals surface area contributed by atoms with Crippen LogP contribution in [0.25, 0.3) is 22.3 Å². The average molecular weight is 754 g/mol. The number of thiol groups is 1. The lowest BCUT2D eigenvalue weighted by Crippen LogP contribution is -2.33. The monoisotopic (exact) mass is 753 g/mol. The molecule has 48 heavy (non-hydrogen) atoms. The van der Waals surface area contributed by atoms with Crippen molar-refractivity contribution in [3.05, 3.63) is 30.2 Å². The molecule has 0 aliphatic carbocycles. The van der Waals surface area contributed by atoms with Crippen molar-refractivity contribution in [3.8, 4) is 0 Å². The van der Waals surface area contributed by atoms with E-state index in [1.54, 1.807) is 15.5 Å². The standard InChI is InChI=1S/C12H17N6O4PS.C10H13FN5O4PS.CH4O/c1-2-12(5-21-23(20,24)17-19)4-3-8(22-12)18-7-16-9-10(13)14-6-15-11(9)18;11-5-1-7(20-6(5)2-19-21(17,18)22)16-4-15-8-9(12)13-3-14-10(8)16;1-2/h6-8H,2-5H2,1H3,(H,20,24)(H2,13,14,15);3-7H,1-2H2,(H2,12,13,14)(H2,17,18,22);2H,1H3/t8?,12-,23?;;/m0../s1. The molecule has 0 saturated carbocycles. The number of rotatable bonds is 10. The van der Waals surface area contributed by atoms with Crippen LogP contribution in [0.3, 0.4) is 0 Å². The molecule has 4 aromatic rings. The highest BCUT2D eigenvalue weighted by atomic mass is 32.7. The molecule has 0 radical (unpaired) electrons. The summed E-state index contributed by atoms with van der Waals surface area (Å²) in [6.07, 6.45) is 4.40. The molecule has 20 nitrogen and oxygen atoms in total. The van der Waals surface area contributed by atoms with Gasteiger partial charge in [0, 0.05) is 18.5 Å². The lowest BCUT2D eigenvalue weighted by molar-refractivity contribution is -0.0933. The number of fused-ring (bicyclic) bond motifs is 2. The highest BCUT2D eigenvalue weighted by Crippen LogP contribution is 2.49. The summed E-state index contributed by atoms with van der Waals surface area (Å²) in [4.78, 5) is 55.8. The predicted octanol–water partition coefficient (Wildman–Crippen LogP) is 2.56.